The summed E-state index contributed by atoms with van der Waals surface area (Å²) in [6.07, 6.45) is 0.919. The van der Waals surface area contributed by atoms with E-state index in [2.05, 4.69) is 13.8 Å². The van der Waals surface area contributed by atoms with E-state index >= 15 is 0 Å². The molecule has 0 fully saturated rings. The van der Waals surface area contributed by atoms with Crippen LogP contribution in [0.3, 0.4) is 0 Å². The van der Waals surface area contributed by atoms with Crippen molar-refractivity contribution in [1.29, 1.82) is 0 Å². The minimum absolute atomic E-state index is 0.0211. The van der Waals surface area contributed by atoms with Gasteiger partial charge >= 0.3 is 0 Å². The lowest BCUT2D eigenvalue weighted by atomic mass is 10.1. The maximum absolute atomic E-state index is 13.5. The molecule has 0 aliphatic heterocycles. The number of nitrogens with zero attached hydrogens (tertiary/aromatic N) is 1. The summed E-state index contributed by atoms with van der Waals surface area (Å²) >= 11 is 0. The Balaban J connectivity index is 2.76. The van der Waals surface area contributed by atoms with Gasteiger partial charge < -0.3 is 10.0 Å². The molecule has 0 aliphatic rings. The number of hydrogen-bond acceptors (Lipinski definition) is 2. The molecule has 1 aromatic rings. The molecule has 0 bridgehead atoms. The second-order valence-electron chi connectivity index (χ2n) is 4.57. The highest BCUT2D eigenvalue weighted by molar-refractivity contribution is 5.21. The van der Waals surface area contributed by atoms with Gasteiger partial charge in [-0.25, -0.2) is 8.78 Å². The van der Waals surface area contributed by atoms with E-state index in [0.29, 0.717) is 12.6 Å². The molecule has 0 aromatic heterocycles. The van der Waals surface area contributed by atoms with Gasteiger partial charge in [0, 0.05) is 18.2 Å². The molecule has 2 nitrogen and oxygen atoms in total. The van der Waals surface area contributed by atoms with Crippen LogP contribution < -0.4 is 0 Å². The Morgan fingerprint density at radius 2 is 1.83 bits per heavy atom. The highest BCUT2D eigenvalue weighted by Gasteiger charge is 2.19. The van der Waals surface area contributed by atoms with Gasteiger partial charge in [0.05, 0.1) is 6.10 Å². The molecule has 1 N–H and O–H groups in total. The Bertz CT molecular complexity index is 380. The molecular formula is C14H21F2NO. The van der Waals surface area contributed by atoms with Crippen LogP contribution in [0.5, 0.6) is 0 Å². The molecule has 0 amide bonds. The summed E-state index contributed by atoms with van der Waals surface area (Å²) in [5.74, 6) is -1.88. The SMILES string of the molecule is CCC(CC)N(C)CC(O)c1cccc(F)c1F. The largest absolute Gasteiger partial charge is 0.387 e. The molecule has 0 spiro atoms. The van der Waals surface area contributed by atoms with Crippen LogP contribution in [-0.2, 0) is 0 Å². The van der Waals surface area contributed by atoms with Gasteiger partial charge in [0.1, 0.15) is 0 Å². The average Bonchev–Trinajstić information content (AvgIpc) is 2.34. The molecule has 4 heteroatoms. The predicted molar refractivity (Wildman–Crippen MR) is 68.3 cm³/mol. The zero-order chi connectivity index (χ0) is 13.7. The van der Waals surface area contributed by atoms with E-state index in [4.69, 9.17) is 0 Å². The topological polar surface area (TPSA) is 23.5 Å². The zero-order valence-electron chi connectivity index (χ0n) is 11.2. The van der Waals surface area contributed by atoms with Gasteiger partial charge in [-0.3, -0.25) is 0 Å². The fourth-order valence-corrected chi connectivity index (χ4v) is 2.21. The lowest BCUT2D eigenvalue weighted by Gasteiger charge is -2.28. The third-order valence-corrected chi connectivity index (χ3v) is 3.37. The molecule has 1 aromatic carbocycles. The second-order valence-corrected chi connectivity index (χ2v) is 4.57. The van der Waals surface area contributed by atoms with Crippen molar-refractivity contribution in [3.63, 3.8) is 0 Å². The molecule has 0 heterocycles. The number of likely N-dealkylation sites (N-methyl/N-ethyl adjacent to an activating group) is 1. The number of halogens is 2. The summed E-state index contributed by atoms with van der Waals surface area (Å²) < 4.78 is 26.6. The van der Waals surface area contributed by atoms with E-state index in [1.54, 1.807) is 0 Å². The summed E-state index contributed by atoms with van der Waals surface area (Å²) in [5, 5.41) is 9.99. The predicted octanol–water partition coefficient (Wildman–Crippen LogP) is 3.12. The van der Waals surface area contributed by atoms with Gasteiger partial charge in [0.25, 0.3) is 0 Å². The lowest BCUT2D eigenvalue weighted by Crippen LogP contribution is -2.34. The number of aliphatic hydroxyl groups excluding tert-OH is 1. The number of aliphatic hydroxyl groups is 1. The molecular weight excluding hydrogens is 236 g/mol. The molecule has 18 heavy (non-hydrogen) atoms. The summed E-state index contributed by atoms with van der Waals surface area (Å²) in [4.78, 5) is 1.98. The van der Waals surface area contributed by atoms with E-state index in [1.807, 2.05) is 11.9 Å². The molecule has 0 aliphatic carbocycles. The lowest BCUT2D eigenvalue weighted by molar-refractivity contribution is 0.0981. The van der Waals surface area contributed by atoms with E-state index in [0.717, 1.165) is 18.9 Å². The van der Waals surface area contributed by atoms with Crippen LogP contribution >= 0.6 is 0 Å². The first kappa shape index (κ1) is 15.1. The minimum atomic E-state index is -1.01. The van der Waals surface area contributed by atoms with Crippen molar-refractivity contribution < 1.29 is 13.9 Å². The van der Waals surface area contributed by atoms with Crippen LogP contribution in [0.1, 0.15) is 38.4 Å². The Morgan fingerprint density at radius 3 is 2.39 bits per heavy atom. The number of hydrogen-bond donors (Lipinski definition) is 1. The third kappa shape index (κ3) is 3.50. The maximum Gasteiger partial charge on any atom is 0.164 e. The Morgan fingerprint density at radius 1 is 1.22 bits per heavy atom. The summed E-state index contributed by atoms with van der Waals surface area (Å²) in [5.41, 5.74) is 0.0211. The fraction of sp³-hybridized carbons (Fsp3) is 0.571. The van der Waals surface area contributed by atoms with Crippen LogP contribution in [0.4, 0.5) is 8.78 Å². The van der Waals surface area contributed by atoms with E-state index in [-0.39, 0.29) is 5.56 Å². The number of benzene rings is 1. The van der Waals surface area contributed by atoms with Crippen LogP contribution in [0.2, 0.25) is 0 Å². The van der Waals surface area contributed by atoms with Gasteiger partial charge in [0.2, 0.25) is 0 Å². The third-order valence-electron chi connectivity index (χ3n) is 3.37. The highest BCUT2D eigenvalue weighted by atomic mass is 19.2. The number of rotatable bonds is 6. The van der Waals surface area contributed by atoms with Crippen molar-refractivity contribution in [2.45, 2.75) is 38.8 Å². The van der Waals surface area contributed by atoms with Crippen molar-refractivity contribution in [2.75, 3.05) is 13.6 Å². The Hall–Kier alpha value is -1.00. The average molecular weight is 257 g/mol. The van der Waals surface area contributed by atoms with Gasteiger partial charge in [-0.1, -0.05) is 26.0 Å². The van der Waals surface area contributed by atoms with Crippen molar-refractivity contribution >= 4 is 0 Å². The van der Waals surface area contributed by atoms with E-state index in [1.165, 1.54) is 12.1 Å². The Labute approximate surface area is 107 Å². The molecule has 102 valence electrons. The van der Waals surface area contributed by atoms with Gasteiger partial charge in [0.15, 0.2) is 11.6 Å². The smallest absolute Gasteiger partial charge is 0.164 e. The molecule has 1 rings (SSSR count). The van der Waals surface area contributed by atoms with Crippen molar-refractivity contribution in [3.05, 3.63) is 35.4 Å². The monoisotopic (exact) mass is 257 g/mol. The van der Waals surface area contributed by atoms with Crippen LogP contribution in [-0.4, -0.2) is 29.6 Å². The molecule has 0 saturated carbocycles. The van der Waals surface area contributed by atoms with Crippen LogP contribution in [0.15, 0.2) is 18.2 Å². The van der Waals surface area contributed by atoms with E-state index < -0.39 is 17.7 Å². The fourth-order valence-electron chi connectivity index (χ4n) is 2.21. The van der Waals surface area contributed by atoms with Crippen LogP contribution in [0.25, 0.3) is 0 Å². The van der Waals surface area contributed by atoms with Gasteiger partial charge in [-0.2, -0.15) is 0 Å². The normalized spacial score (nSPS) is 13.3. The first-order valence-corrected chi connectivity index (χ1v) is 6.33. The van der Waals surface area contributed by atoms with E-state index in [9.17, 15) is 13.9 Å². The Kier molecular flexibility index (Phi) is 5.69. The maximum atomic E-state index is 13.5. The molecule has 1 atom stereocenters. The molecule has 1 unspecified atom stereocenters. The quantitative estimate of drug-likeness (QED) is 0.846. The van der Waals surface area contributed by atoms with Gasteiger partial charge in [-0.05, 0) is 26.0 Å². The van der Waals surface area contributed by atoms with Crippen molar-refractivity contribution in [3.8, 4) is 0 Å². The standard InChI is InChI=1S/C14H21F2NO/c1-4-10(5-2)17(3)9-13(18)11-7-6-8-12(15)14(11)16/h6-8,10,13,18H,4-5,9H2,1-3H3. The highest BCUT2D eigenvalue weighted by Crippen LogP contribution is 2.21. The van der Waals surface area contributed by atoms with Gasteiger partial charge in [-0.15, -0.1) is 0 Å². The second kappa shape index (κ2) is 6.81. The summed E-state index contributed by atoms with van der Waals surface area (Å²) in [6.45, 7) is 4.44. The van der Waals surface area contributed by atoms with Crippen molar-refractivity contribution in [1.82, 2.24) is 4.90 Å². The summed E-state index contributed by atoms with van der Waals surface area (Å²) in [6, 6.07) is 4.23. The first-order chi connectivity index (χ1) is 8.51. The molecule has 0 saturated heterocycles. The molecule has 0 radical (unpaired) electrons. The zero-order valence-corrected chi connectivity index (χ0v) is 11.2. The summed E-state index contributed by atoms with van der Waals surface area (Å²) in [7, 11) is 1.89. The minimum Gasteiger partial charge on any atom is -0.387 e. The van der Waals surface area contributed by atoms with Crippen LogP contribution in [0, 0.1) is 11.6 Å². The van der Waals surface area contributed by atoms with Crippen molar-refractivity contribution in [2.24, 2.45) is 0 Å². The first-order valence-electron chi connectivity index (χ1n) is 6.33.